The third-order valence-electron chi connectivity index (χ3n) is 3.78. The predicted molar refractivity (Wildman–Crippen MR) is 85.4 cm³/mol. The van der Waals surface area contributed by atoms with Crippen LogP contribution in [0.25, 0.3) is 0 Å². The van der Waals surface area contributed by atoms with E-state index in [1.807, 2.05) is 0 Å². The lowest BCUT2D eigenvalue weighted by Crippen LogP contribution is -2.38. The number of nitrogens with one attached hydrogen (secondary N) is 1. The Bertz CT molecular complexity index is 704. The summed E-state index contributed by atoms with van der Waals surface area (Å²) in [5.74, 6) is 1.23. The van der Waals surface area contributed by atoms with Crippen molar-refractivity contribution < 1.29 is 22.7 Å². The van der Waals surface area contributed by atoms with Crippen molar-refractivity contribution in [3.8, 4) is 11.5 Å². The van der Waals surface area contributed by atoms with Crippen LogP contribution in [0.15, 0.2) is 18.2 Å². The van der Waals surface area contributed by atoms with E-state index in [1.165, 1.54) is 0 Å². The Kier molecular flexibility index (Phi) is 4.45. The summed E-state index contributed by atoms with van der Waals surface area (Å²) in [5.41, 5.74) is 0.691. The van der Waals surface area contributed by atoms with Gasteiger partial charge in [0.25, 0.3) is 0 Å². The molecule has 1 saturated heterocycles. The zero-order valence-corrected chi connectivity index (χ0v) is 13.8. The lowest BCUT2D eigenvalue weighted by molar-refractivity contribution is -0.117. The van der Waals surface area contributed by atoms with Gasteiger partial charge in [0, 0.05) is 30.8 Å². The Morgan fingerprint density at radius 3 is 2.74 bits per heavy atom. The van der Waals surface area contributed by atoms with E-state index in [2.05, 4.69) is 4.72 Å². The average molecular weight is 340 g/mol. The molecule has 3 rings (SSSR count). The first kappa shape index (κ1) is 16.1. The maximum atomic E-state index is 12.2. The molecule has 126 valence electrons. The van der Waals surface area contributed by atoms with Crippen molar-refractivity contribution >= 4 is 21.6 Å². The number of carbonyl (C=O) groups is 1. The standard InChI is InChI=1S/C15H20N2O5S/c1-2-7-23(19,20)16-11-8-15(18)17(10-11)12-3-4-13-14(9-12)22-6-5-21-13/h3-4,9,11,16H,2,5-8,10H2,1H3/t11-/m1/s1. The van der Waals surface area contributed by atoms with Crippen molar-refractivity contribution in [3.63, 3.8) is 0 Å². The number of anilines is 1. The van der Waals surface area contributed by atoms with Crippen LogP contribution in [0.3, 0.4) is 0 Å². The van der Waals surface area contributed by atoms with Gasteiger partial charge in [0.05, 0.1) is 5.75 Å². The molecule has 0 radical (unpaired) electrons. The highest BCUT2D eigenvalue weighted by molar-refractivity contribution is 7.89. The number of sulfonamides is 1. The second-order valence-corrected chi connectivity index (χ2v) is 7.54. The number of ether oxygens (including phenoxy) is 2. The third kappa shape index (κ3) is 3.59. The third-order valence-corrected chi connectivity index (χ3v) is 5.42. The van der Waals surface area contributed by atoms with E-state index in [0.717, 1.165) is 0 Å². The maximum absolute atomic E-state index is 12.2. The van der Waals surface area contributed by atoms with Crippen LogP contribution in [-0.2, 0) is 14.8 Å². The number of amides is 1. The van der Waals surface area contributed by atoms with E-state index in [-0.39, 0.29) is 18.1 Å². The van der Waals surface area contributed by atoms with E-state index in [4.69, 9.17) is 9.47 Å². The number of nitrogens with zero attached hydrogens (tertiary/aromatic N) is 1. The van der Waals surface area contributed by atoms with Crippen LogP contribution in [0.5, 0.6) is 11.5 Å². The summed E-state index contributed by atoms with van der Waals surface area (Å²) >= 11 is 0. The van der Waals surface area contributed by atoms with Gasteiger partial charge in [-0.3, -0.25) is 4.79 Å². The van der Waals surface area contributed by atoms with Gasteiger partial charge in [0.15, 0.2) is 11.5 Å². The van der Waals surface area contributed by atoms with Gasteiger partial charge in [0.1, 0.15) is 13.2 Å². The number of fused-ring (bicyclic) bond motifs is 1. The van der Waals surface area contributed by atoms with Gasteiger partial charge in [-0.15, -0.1) is 0 Å². The normalized spacial score (nSPS) is 20.8. The lowest BCUT2D eigenvalue weighted by Gasteiger charge is -2.22. The van der Waals surface area contributed by atoms with Gasteiger partial charge < -0.3 is 14.4 Å². The van der Waals surface area contributed by atoms with Crippen molar-refractivity contribution in [3.05, 3.63) is 18.2 Å². The lowest BCUT2D eigenvalue weighted by atomic mass is 10.2. The number of benzene rings is 1. The number of carbonyl (C=O) groups excluding carboxylic acids is 1. The molecule has 0 aliphatic carbocycles. The van der Waals surface area contributed by atoms with Gasteiger partial charge in [-0.2, -0.15) is 0 Å². The number of hydrogen-bond donors (Lipinski definition) is 1. The summed E-state index contributed by atoms with van der Waals surface area (Å²) in [6.45, 7) is 3.11. The van der Waals surface area contributed by atoms with E-state index in [9.17, 15) is 13.2 Å². The molecule has 0 unspecified atom stereocenters. The Balaban J connectivity index is 1.73. The highest BCUT2D eigenvalue weighted by Crippen LogP contribution is 2.35. The zero-order valence-electron chi connectivity index (χ0n) is 12.9. The fraction of sp³-hybridized carbons (Fsp3) is 0.533. The zero-order chi connectivity index (χ0) is 16.4. The summed E-state index contributed by atoms with van der Waals surface area (Å²) < 4.78 is 37.3. The second kappa shape index (κ2) is 6.37. The highest BCUT2D eigenvalue weighted by atomic mass is 32.2. The first-order chi connectivity index (χ1) is 11.0. The summed E-state index contributed by atoms with van der Waals surface area (Å²) in [4.78, 5) is 13.8. The first-order valence-electron chi connectivity index (χ1n) is 7.68. The van der Waals surface area contributed by atoms with Crippen LogP contribution in [0.1, 0.15) is 19.8 Å². The van der Waals surface area contributed by atoms with Crippen LogP contribution < -0.4 is 19.1 Å². The van der Waals surface area contributed by atoms with Crippen LogP contribution in [0.4, 0.5) is 5.69 Å². The minimum Gasteiger partial charge on any atom is -0.486 e. The molecule has 1 aromatic carbocycles. The molecule has 7 nitrogen and oxygen atoms in total. The fourth-order valence-corrected chi connectivity index (χ4v) is 4.14. The van der Waals surface area contributed by atoms with Crippen molar-refractivity contribution in [1.29, 1.82) is 0 Å². The molecule has 1 atom stereocenters. The molecule has 0 bridgehead atoms. The largest absolute Gasteiger partial charge is 0.486 e. The molecule has 8 heteroatoms. The second-order valence-electron chi connectivity index (χ2n) is 5.67. The topological polar surface area (TPSA) is 84.9 Å². The molecule has 0 spiro atoms. The van der Waals surface area contributed by atoms with Crippen molar-refractivity contribution in [1.82, 2.24) is 4.72 Å². The van der Waals surface area contributed by atoms with E-state index in [1.54, 1.807) is 30.0 Å². The Morgan fingerprint density at radius 1 is 1.26 bits per heavy atom. The number of rotatable bonds is 5. The van der Waals surface area contributed by atoms with Gasteiger partial charge in [-0.25, -0.2) is 13.1 Å². The molecule has 2 heterocycles. The summed E-state index contributed by atoms with van der Waals surface area (Å²) in [5, 5.41) is 0. The molecule has 1 amide bonds. The monoisotopic (exact) mass is 340 g/mol. The van der Waals surface area contributed by atoms with Crippen molar-refractivity contribution in [2.45, 2.75) is 25.8 Å². The minimum absolute atomic E-state index is 0.0711. The van der Waals surface area contributed by atoms with Crippen molar-refractivity contribution in [2.24, 2.45) is 0 Å². The molecule has 0 aromatic heterocycles. The van der Waals surface area contributed by atoms with Crippen molar-refractivity contribution in [2.75, 3.05) is 30.4 Å². The van der Waals surface area contributed by atoms with Gasteiger partial charge in [-0.1, -0.05) is 6.92 Å². The average Bonchev–Trinajstić information content (AvgIpc) is 2.86. The Labute approximate surface area is 135 Å². The van der Waals surface area contributed by atoms with Crippen LogP contribution >= 0.6 is 0 Å². The summed E-state index contributed by atoms with van der Waals surface area (Å²) in [6.07, 6.45) is 0.708. The first-order valence-corrected chi connectivity index (χ1v) is 9.34. The minimum atomic E-state index is -3.33. The smallest absolute Gasteiger partial charge is 0.228 e. The SMILES string of the molecule is CCCS(=O)(=O)N[C@@H]1CC(=O)N(c2ccc3c(c2)OCCO3)C1. The molecule has 2 aliphatic rings. The van der Waals surface area contributed by atoms with E-state index in [0.29, 0.717) is 43.4 Å². The molecule has 1 N–H and O–H groups in total. The van der Waals surface area contributed by atoms with E-state index >= 15 is 0 Å². The molecule has 1 aromatic rings. The predicted octanol–water partition coefficient (Wildman–Crippen LogP) is 0.892. The molecular formula is C15H20N2O5S. The molecule has 0 saturated carbocycles. The Hall–Kier alpha value is -1.80. The summed E-state index contributed by atoms with van der Waals surface area (Å²) in [7, 11) is -3.33. The van der Waals surface area contributed by atoms with Gasteiger partial charge in [-0.05, 0) is 18.6 Å². The van der Waals surface area contributed by atoms with Gasteiger partial charge >= 0.3 is 0 Å². The molecular weight excluding hydrogens is 320 g/mol. The summed E-state index contributed by atoms with van der Waals surface area (Å²) in [6, 6.07) is 4.92. The molecule has 1 fully saturated rings. The van der Waals surface area contributed by atoms with Gasteiger partial charge in [0.2, 0.25) is 15.9 Å². The van der Waals surface area contributed by atoms with E-state index < -0.39 is 16.1 Å². The molecule has 23 heavy (non-hydrogen) atoms. The fourth-order valence-electron chi connectivity index (χ4n) is 2.82. The maximum Gasteiger partial charge on any atom is 0.228 e. The quantitative estimate of drug-likeness (QED) is 0.860. The Morgan fingerprint density at radius 2 is 2.00 bits per heavy atom. The highest BCUT2D eigenvalue weighted by Gasteiger charge is 2.33. The number of hydrogen-bond acceptors (Lipinski definition) is 5. The van der Waals surface area contributed by atoms with Crippen LogP contribution in [0, 0.1) is 0 Å². The molecule has 2 aliphatic heterocycles. The van der Waals surface area contributed by atoms with Crippen LogP contribution in [0.2, 0.25) is 0 Å². The van der Waals surface area contributed by atoms with Crippen LogP contribution in [-0.4, -0.2) is 45.9 Å².